The number of nitrogens with two attached hydrogens (primary N) is 2. The average Bonchev–Trinajstić information content (AvgIpc) is 2.58. The summed E-state index contributed by atoms with van der Waals surface area (Å²) in [6.45, 7) is 7.96. The highest BCUT2D eigenvalue weighted by molar-refractivity contribution is 5.88. The number of amides is 2. The van der Waals surface area contributed by atoms with Gasteiger partial charge in [-0.15, -0.1) is 0 Å². The summed E-state index contributed by atoms with van der Waals surface area (Å²) in [5.74, 6) is 2.29. The Kier molecular flexibility index (Phi) is 8.60. The van der Waals surface area contributed by atoms with Crippen LogP contribution in [-0.4, -0.2) is 23.9 Å². The Hall–Kier alpha value is -1.98. The lowest BCUT2D eigenvalue weighted by Gasteiger charge is -2.39. The molecule has 0 aromatic rings. The quantitative estimate of drug-likeness (QED) is 0.510. The summed E-state index contributed by atoms with van der Waals surface area (Å²) in [7, 11) is 0. The molecule has 6 unspecified atom stereocenters. The van der Waals surface area contributed by atoms with Gasteiger partial charge in [0.15, 0.2) is 0 Å². The monoisotopic (exact) mass is 404 g/mol. The van der Waals surface area contributed by atoms with Gasteiger partial charge in [0.25, 0.3) is 0 Å². The zero-order chi connectivity index (χ0) is 21.6. The van der Waals surface area contributed by atoms with E-state index >= 15 is 0 Å². The molecule has 0 heterocycles. The molecule has 0 aliphatic heterocycles. The van der Waals surface area contributed by atoms with E-state index in [0.29, 0.717) is 23.2 Å². The maximum Gasteiger partial charge on any atom is 0.245 e. The highest BCUT2D eigenvalue weighted by Gasteiger charge is 2.33. The van der Waals surface area contributed by atoms with E-state index in [-0.39, 0.29) is 23.9 Å². The highest BCUT2D eigenvalue weighted by atomic mass is 16.2. The predicted molar refractivity (Wildman–Crippen MR) is 117 cm³/mol. The summed E-state index contributed by atoms with van der Waals surface area (Å²) in [4.78, 5) is 23.9. The van der Waals surface area contributed by atoms with Crippen molar-refractivity contribution in [2.45, 2.75) is 84.7 Å². The van der Waals surface area contributed by atoms with Crippen LogP contribution in [0.25, 0.3) is 0 Å². The van der Waals surface area contributed by atoms with Crippen molar-refractivity contribution in [2.24, 2.45) is 35.1 Å². The van der Waals surface area contributed by atoms with Crippen LogP contribution in [0.3, 0.4) is 0 Å². The van der Waals surface area contributed by atoms with Gasteiger partial charge >= 0.3 is 0 Å². The lowest BCUT2D eigenvalue weighted by atomic mass is 9.70. The second-order valence-electron chi connectivity index (χ2n) is 9.56. The second kappa shape index (κ2) is 10.7. The number of allylic oxidation sites excluding steroid dienone is 2. The minimum Gasteiger partial charge on any atom is -0.402 e. The molecular weight excluding hydrogens is 364 g/mol. The maximum absolute atomic E-state index is 12.0. The summed E-state index contributed by atoms with van der Waals surface area (Å²) in [6, 6.07) is 0.497. The molecule has 164 valence electrons. The highest BCUT2D eigenvalue weighted by Crippen LogP contribution is 2.39. The third kappa shape index (κ3) is 7.75. The molecule has 0 saturated heterocycles. The van der Waals surface area contributed by atoms with Crippen LogP contribution in [0.1, 0.15) is 72.6 Å². The first-order valence-electron chi connectivity index (χ1n) is 11.1. The van der Waals surface area contributed by atoms with Crippen molar-refractivity contribution in [1.82, 2.24) is 10.6 Å². The van der Waals surface area contributed by atoms with E-state index in [1.54, 1.807) is 13.8 Å². The topological polar surface area (TPSA) is 110 Å². The van der Waals surface area contributed by atoms with Gasteiger partial charge in [-0.25, -0.2) is 0 Å². The SMILES string of the molecule is C/C(N)=C/C(=O)NC1CCC(CC2CCC(NC(=O)/C=C(/C)N)C(C)C2)CC1C. The summed E-state index contributed by atoms with van der Waals surface area (Å²) in [6.07, 6.45) is 11.0. The van der Waals surface area contributed by atoms with Gasteiger partial charge in [-0.05, 0) is 82.5 Å². The van der Waals surface area contributed by atoms with Crippen LogP contribution in [0.4, 0.5) is 0 Å². The number of hydrogen-bond acceptors (Lipinski definition) is 4. The zero-order valence-corrected chi connectivity index (χ0v) is 18.5. The molecule has 0 bridgehead atoms. The molecule has 0 radical (unpaired) electrons. The standard InChI is InChI=1S/C23H40N4O2/c1-14-9-18(5-7-20(14)26-22(28)11-16(3)24)13-19-6-8-21(15(2)10-19)27-23(29)12-17(4)25/h11-12,14-15,18-21H,5-10,13,24-25H2,1-4H3,(H,26,28)(H,27,29)/b16-11-,17-12-. The van der Waals surface area contributed by atoms with Crippen LogP contribution in [0.2, 0.25) is 0 Å². The van der Waals surface area contributed by atoms with E-state index in [9.17, 15) is 9.59 Å². The predicted octanol–water partition coefficient (Wildman–Crippen LogP) is 2.94. The molecule has 6 heteroatoms. The van der Waals surface area contributed by atoms with Crippen molar-refractivity contribution in [3.63, 3.8) is 0 Å². The molecule has 2 amide bonds. The van der Waals surface area contributed by atoms with Gasteiger partial charge in [-0.2, -0.15) is 0 Å². The Balaban J connectivity index is 1.77. The minimum atomic E-state index is -0.0748. The summed E-state index contributed by atoms with van der Waals surface area (Å²) >= 11 is 0. The summed E-state index contributed by atoms with van der Waals surface area (Å²) < 4.78 is 0. The largest absolute Gasteiger partial charge is 0.402 e. The smallest absolute Gasteiger partial charge is 0.245 e. The normalized spacial score (nSPS) is 33.8. The first-order valence-corrected chi connectivity index (χ1v) is 11.1. The molecule has 2 aliphatic carbocycles. The lowest BCUT2D eigenvalue weighted by molar-refractivity contribution is -0.118. The van der Waals surface area contributed by atoms with E-state index in [1.807, 2.05) is 0 Å². The van der Waals surface area contributed by atoms with Crippen LogP contribution in [0, 0.1) is 23.7 Å². The van der Waals surface area contributed by atoms with E-state index in [4.69, 9.17) is 11.5 Å². The third-order valence-electron chi connectivity index (χ3n) is 6.60. The van der Waals surface area contributed by atoms with Crippen molar-refractivity contribution in [2.75, 3.05) is 0 Å². The number of hydrogen-bond donors (Lipinski definition) is 4. The van der Waals surface area contributed by atoms with Crippen LogP contribution in [-0.2, 0) is 9.59 Å². The molecule has 29 heavy (non-hydrogen) atoms. The van der Waals surface area contributed by atoms with E-state index in [2.05, 4.69) is 24.5 Å². The second-order valence-corrected chi connectivity index (χ2v) is 9.56. The Labute approximate surface area is 175 Å². The third-order valence-corrected chi connectivity index (χ3v) is 6.60. The first-order chi connectivity index (χ1) is 13.6. The molecular formula is C23H40N4O2. The molecule has 2 fully saturated rings. The fourth-order valence-corrected chi connectivity index (χ4v) is 5.21. The van der Waals surface area contributed by atoms with E-state index in [1.165, 1.54) is 44.3 Å². The van der Waals surface area contributed by atoms with Crippen LogP contribution < -0.4 is 22.1 Å². The Morgan fingerprint density at radius 1 is 0.793 bits per heavy atom. The summed E-state index contributed by atoms with van der Waals surface area (Å²) in [5.41, 5.74) is 12.3. The number of rotatable bonds is 6. The molecule has 2 rings (SSSR count). The molecule has 0 aromatic carbocycles. The first kappa shape index (κ1) is 23.3. The van der Waals surface area contributed by atoms with Gasteiger partial charge in [-0.3, -0.25) is 9.59 Å². The maximum atomic E-state index is 12.0. The van der Waals surface area contributed by atoms with Gasteiger partial charge < -0.3 is 22.1 Å². The molecule has 6 atom stereocenters. The number of nitrogens with one attached hydrogen (secondary N) is 2. The fourth-order valence-electron chi connectivity index (χ4n) is 5.21. The number of carbonyl (C=O) groups is 2. The Morgan fingerprint density at radius 2 is 1.17 bits per heavy atom. The van der Waals surface area contributed by atoms with Crippen molar-refractivity contribution < 1.29 is 9.59 Å². The van der Waals surface area contributed by atoms with Gasteiger partial charge in [0.2, 0.25) is 11.8 Å². The van der Waals surface area contributed by atoms with Gasteiger partial charge in [0.1, 0.15) is 0 Å². The van der Waals surface area contributed by atoms with E-state index in [0.717, 1.165) is 24.7 Å². The van der Waals surface area contributed by atoms with Crippen molar-refractivity contribution >= 4 is 11.8 Å². The fraction of sp³-hybridized carbons (Fsp3) is 0.739. The molecule has 2 saturated carbocycles. The molecule has 0 aromatic heterocycles. The van der Waals surface area contributed by atoms with Crippen molar-refractivity contribution in [3.05, 3.63) is 23.5 Å². The average molecular weight is 405 g/mol. The van der Waals surface area contributed by atoms with Gasteiger partial charge in [-0.1, -0.05) is 13.8 Å². The van der Waals surface area contributed by atoms with E-state index < -0.39 is 0 Å². The molecule has 6 N–H and O–H groups in total. The van der Waals surface area contributed by atoms with Gasteiger partial charge in [0.05, 0.1) is 0 Å². The van der Waals surface area contributed by atoms with Crippen LogP contribution in [0.15, 0.2) is 23.5 Å². The lowest BCUT2D eigenvalue weighted by Crippen LogP contribution is -2.44. The number of carbonyl (C=O) groups excluding carboxylic acids is 2. The van der Waals surface area contributed by atoms with Crippen molar-refractivity contribution in [3.8, 4) is 0 Å². The molecule has 6 nitrogen and oxygen atoms in total. The summed E-state index contributed by atoms with van der Waals surface area (Å²) in [5, 5.41) is 6.24. The van der Waals surface area contributed by atoms with Crippen LogP contribution >= 0.6 is 0 Å². The minimum absolute atomic E-state index is 0.0748. The zero-order valence-electron chi connectivity index (χ0n) is 18.5. The molecule has 2 aliphatic rings. The van der Waals surface area contributed by atoms with Crippen molar-refractivity contribution in [1.29, 1.82) is 0 Å². The molecule has 0 spiro atoms. The Bertz CT molecular complexity index is 581. The Morgan fingerprint density at radius 3 is 1.48 bits per heavy atom. The van der Waals surface area contributed by atoms with Crippen LogP contribution in [0.5, 0.6) is 0 Å². The van der Waals surface area contributed by atoms with Gasteiger partial charge in [0, 0.05) is 35.6 Å².